The number of benzene rings is 1. The lowest BCUT2D eigenvalue weighted by molar-refractivity contribution is 0.0265. The number of sulfonamides is 1. The topological polar surface area (TPSA) is 115 Å². The Morgan fingerprint density at radius 1 is 1.28 bits per heavy atom. The van der Waals surface area contributed by atoms with Crippen molar-refractivity contribution in [3.05, 3.63) is 59.2 Å². The van der Waals surface area contributed by atoms with Crippen LogP contribution in [0, 0.1) is 0 Å². The number of halogens is 1. The van der Waals surface area contributed by atoms with Gasteiger partial charge >= 0.3 is 5.97 Å². The molecule has 0 N–H and O–H groups in total. The maximum atomic E-state index is 12.6. The highest BCUT2D eigenvalue weighted by Gasteiger charge is 2.24. The lowest BCUT2D eigenvalue weighted by Gasteiger charge is -2.14. The largest absolute Gasteiger partial charge is 0.449 e. The normalized spacial score (nSPS) is 12.7. The number of aromatic nitrogens is 3. The van der Waals surface area contributed by atoms with Crippen LogP contribution in [0.2, 0.25) is 5.02 Å². The fourth-order valence-corrected chi connectivity index (χ4v) is 3.44. The van der Waals surface area contributed by atoms with Gasteiger partial charge in [0.15, 0.2) is 6.10 Å². The summed E-state index contributed by atoms with van der Waals surface area (Å²) in [5, 5.41) is 3.90. The number of carbonyl (C=O) groups excluding carboxylic acids is 1. The van der Waals surface area contributed by atoms with E-state index in [4.69, 9.17) is 20.9 Å². The van der Waals surface area contributed by atoms with Crippen molar-refractivity contribution in [2.75, 3.05) is 14.1 Å². The van der Waals surface area contributed by atoms with Crippen LogP contribution in [0.4, 0.5) is 0 Å². The Balaban J connectivity index is 1.81. The minimum Gasteiger partial charge on any atom is -0.449 e. The highest BCUT2D eigenvalue weighted by atomic mass is 35.5. The van der Waals surface area contributed by atoms with E-state index >= 15 is 0 Å². The summed E-state index contributed by atoms with van der Waals surface area (Å²) >= 11 is 6.07. The Kier molecular flexibility index (Phi) is 5.96. The van der Waals surface area contributed by atoms with Gasteiger partial charge in [0.25, 0.3) is 5.89 Å². The molecule has 29 heavy (non-hydrogen) atoms. The Hall–Kier alpha value is -2.82. The highest BCUT2D eigenvalue weighted by molar-refractivity contribution is 7.89. The number of hydrogen-bond donors (Lipinski definition) is 0. The molecule has 0 saturated carbocycles. The molecule has 1 atom stereocenters. The summed E-state index contributed by atoms with van der Waals surface area (Å²) in [4.78, 5) is 20.7. The molecule has 2 aromatic heterocycles. The van der Waals surface area contributed by atoms with Gasteiger partial charge in [-0.3, -0.25) is 4.98 Å². The number of rotatable bonds is 6. The third-order valence-electron chi connectivity index (χ3n) is 3.93. The Morgan fingerprint density at radius 2 is 2.03 bits per heavy atom. The van der Waals surface area contributed by atoms with Crippen molar-refractivity contribution < 1.29 is 22.5 Å². The molecular weight excluding hydrogens is 420 g/mol. The van der Waals surface area contributed by atoms with E-state index in [1.54, 1.807) is 31.5 Å². The molecule has 0 saturated heterocycles. The second kappa shape index (κ2) is 8.27. The number of ether oxygens (including phenoxy) is 1. The summed E-state index contributed by atoms with van der Waals surface area (Å²) in [5.74, 6) is -0.446. The van der Waals surface area contributed by atoms with Crippen molar-refractivity contribution in [3.63, 3.8) is 0 Å². The first-order valence-corrected chi connectivity index (χ1v) is 10.2. The van der Waals surface area contributed by atoms with Crippen LogP contribution in [0.25, 0.3) is 11.4 Å². The molecule has 0 aliphatic heterocycles. The summed E-state index contributed by atoms with van der Waals surface area (Å²) in [6.07, 6.45) is 2.30. The van der Waals surface area contributed by atoms with Crippen LogP contribution < -0.4 is 0 Å². The number of esters is 1. The van der Waals surface area contributed by atoms with Crippen LogP contribution >= 0.6 is 11.6 Å². The summed E-state index contributed by atoms with van der Waals surface area (Å²) in [6, 6.07) is 7.30. The summed E-state index contributed by atoms with van der Waals surface area (Å²) < 4.78 is 36.1. The SMILES string of the molecule is C[C@@H](OC(=O)c1cc(S(=O)(=O)N(C)C)ccc1Cl)c1nc(-c2cccnc2)no1. The molecule has 0 radical (unpaired) electrons. The molecule has 0 spiro atoms. The molecule has 3 aromatic rings. The Morgan fingerprint density at radius 3 is 2.69 bits per heavy atom. The zero-order chi connectivity index (χ0) is 21.2. The maximum absolute atomic E-state index is 12.6. The van der Waals surface area contributed by atoms with Gasteiger partial charge in [0.1, 0.15) is 0 Å². The summed E-state index contributed by atoms with van der Waals surface area (Å²) in [7, 11) is -0.961. The second-order valence-electron chi connectivity index (χ2n) is 6.17. The van der Waals surface area contributed by atoms with E-state index in [0.717, 1.165) is 4.31 Å². The fourth-order valence-electron chi connectivity index (χ4n) is 2.32. The van der Waals surface area contributed by atoms with Gasteiger partial charge in [0, 0.05) is 32.1 Å². The van der Waals surface area contributed by atoms with Gasteiger partial charge in [-0.25, -0.2) is 17.5 Å². The third kappa shape index (κ3) is 4.44. The van der Waals surface area contributed by atoms with Gasteiger partial charge in [-0.1, -0.05) is 16.8 Å². The quantitative estimate of drug-likeness (QED) is 0.541. The van der Waals surface area contributed by atoms with Crippen LogP contribution in [0.5, 0.6) is 0 Å². The van der Waals surface area contributed by atoms with Crippen LogP contribution in [0.3, 0.4) is 0 Å². The van der Waals surface area contributed by atoms with E-state index in [1.807, 2.05) is 0 Å². The molecule has 0 aliphatic rings. The van der Waals surface area contributed by atoms with Crippen molar-refractivity contribution in [1.29, 1.82) is 0 Å². The van der Waals surface area contributed by atoms with Gasteiger partial charge in [-0.15, -0.1) is 0 Å². The average molecular weight is 437 g/mol. The van der Waals surface area contributed by atoms with E-state index < -0.39 is 22.1 Å². The van der Waals surface area contributed by atoms with Crippen molar-refractivity contribution in [1.82, 2.24) is 19.4 Å². The van der Waals surface area contributed by atoms with Gasteiger partial charge in [0.2, 0.25) is 15.8 Å². The minimum absolute atomic E-state index is 0.0569. The third-order valence-corrected chi connectivity index (χ3v) is 6.07. The number of nitrogens with zero attached hydrogens (tertiary/aromatic N) is 4. The zero-order valence-corrected chi connectivity index (χ0v) is 17.3. The first kappa shape index (κ1) is 20.9. The van der Waals surface area contributed by atoms with Gasteiger partial charge in [-0.2, -0.15) is 4.98 Å². The molecule has 152 valence electrons. The van der Waals surface area contributed by atoms with Crippen molar-refractivity contribution in [2.24, 2.45) is 0 Å². The lowest BCUT2D eigenvalue weighted by atomic mass is 10.2. The molecule has 11 heteroatoms. The zero-order valence-electron chi connectivity index (χ0n) is 15.7. The van der Waals surface area contributed by atoms with Gasteiger partial charge < -0.3 is 9.26 Å². The predicted molar refractivity (Wildman–Crippen MR) is 104 cm³/mol. The molecule has 0 bridgehead atoms. The number of pyridine rings is 1. The minimum atomic E-state index is -3.74. The molecule has 0 aliphatic carbocycles. The monoisotopic (exact) mass is 436 g/mol. The van der Waals surface area contributed by atoms with Crippen LogP contribution in [0.15, 0.2) is 52.1 Å². The van der Waals surface area contributed by atoms with E-state index in [2.05, 4.69) is 15.1 Å². The van der Waals surface area contributed by atoms with Crippen molar-refractivity contribution in [2.45, 2.75) is 17.9 Å². The second-order valence-corrected chi connectivity index (χ2v) is 8.73. The van der Waals surface area contributed by atoms with Crippen molar-refractivity contribution in [3.8, 4) is 11.4 Å². The first-order chi connectivity index (χ1) is 13.7. The standard InChI is InChI=1S/C18H17ClN4O5S/c1-11(17-21-16(22-28-17)12-5-4-8-20-10-12)27-18(24)14-9-13(6-7-15(14)19)29(25,26)23(2)3/h4-11H,1-3H3/t11-/m1/s1. The van der Waals surface area contributed by atoms with Crippen molar-refractivity contribution >= 4 is 27.6 Å². The predicted octanol–water partition coefficient (Wildman–Crippen LogP) is 2.95. The molecule has 1 aromatic carbocycles. The van der Waals surface area contributed by atoms with E-state index in [1.165, 1.54) is 32.3 Å². The van der Waals surface area contributed by atoms with Gasteiger partial charge in [-0.05, 0) is 37.3 Å². The molecule has 0 unspecified atom stereocenters. The molecule has 3 rings (SSSR count). The van der Waals surface area contributed by atoms with E-state index in [9.17, 15) is 13.2 Å². The fraction of sp³-hybridized carbons (Fsp3) is 0.222. The molecule has 2 heterocycles. The van der Waals surface area contributed by atoms with Crippen LogP contribution in [-0.2, 0) is 14.8 Å². The molecular formula is C18H17ClN4O5S. The van der Waals surface area contributed by atoms with Crippen LogP contribution in [0.1, 0.15) is 29.3 Å². The van der Waals surface area contributed by atoms with Crippen LogP contribution in [-0.4, -0.2) is 47.9 Å². The van der Waals surface area contributed by atoms with E-state index in [0.29, 0.717) is 11.4 Å². The molecule has 9 nitrogen and oxygen atoms in total. The maximum Gasteiger partial charge on any atom is 0.340 e. The number of hydrogen-bond acceptors (Lipinski definition) is 8. The smallest absolute Gasteiger partial charge is 0.340 e. The Labute approximate surface area is 172 Å². The lowest BCUT2D eigenvalue weighted by Crippen LogP contribution is -2.22. The Bertz CT molecular complexity index is 1130. The highest BCUT2D eigenvalue weighted by Crippen LogP contribution is 2.26. The summed E-state index contributed by atoms with van der Waals surface area (Å²) in [6.45, 7) is 1.55. The molecule has 0 fully saturated rings. The first-order valence-electron chi connectivity index (χ1n) is 8.37. The van der Waals surface area contributed by atoms with Gasteiger partial charge in [0.05, 0.1) is 15.5 Å². The molecule has 0 amide bonds. The average Bonchev–Trinajstić information content (AvgIpc) is 3.19. The number of carbonyl (C=O) groups is 1. The summed E-state index contributed by atoms with van der Waals surface area (Å²) in [5.41, 5.74) is 0.555. The van der Waals surface area contributed by atoms with E-state index in [-0.39, 0.29) is 21.4 Å².